The summed E-state index contributed by atoms with van der Waals surface area (Å²) >= 11 is 8.12. The molecule has 0 saturated carbocycles. The van der Waals surface area contributed by atoms with E-state index >= 15 is 0 Å². The van der Waals surface area contributed by atoms with Crippen molar-refractivity contribution in [3.63, 3.8) is 0 Å². The number of nitrogens with two attached hydrogens (primary N) is 1. The number of benzene rings is 1. The zero-order chi connectivity index (χ0) is 13.4. The van der Waals surface area contributed by atoms with E-state index in [2.05, 4.69) is 6.07 Å². The van der Waals surface area contributed by atoms with Crippen LogP contribution in [0.4, 0.5) is 0 Å². The predicted molar refractivity (Wildman–Crippen MR) is 80.4 cm³/mol. The number of ether oxygens (including phenoxy) is 1. The second-order valence-corrected chi connectivity index (χ2v) is 6.39. The Morgan fingerprint density at radius 2 is 2.16 bits per heavy atom. The van der Waals surface area contributed by atoms with Gasteiger partial charge in [0.15, 0.2) is 0 Å². The quantitative estimate of drug-likeness (QED) is 0.930. The van der Waals surface area contributed by atoms with Crippen LogP contribution in [0, 0.1) is 0 Å². The van der Waals surface area contributed by atoms with Crippen molar-refractivity contribution in [1.82, 2.24) is 0 Å². The molecule has 2 N–H and O–H groups in total. The Hall–Kier alpha value is -1.03. The Morgan fingerprint density at radius 1 is 1.32 bits per heavy atom. The molecule has 1 atom stereocenters. The number of hydrogen-bond acceptors (Lipinski definition) is 3. The molecular formula is C15H16ClNOS. The molecule has 3 rings (SSSR count). The molecule has 0 aliphatic heterocycles. The second kappa shape index (κ2) is 5.16. The highest BCUT2D eigenvalue weighted by atomic mass is 35.5. The van der Waals surface area contributed by atoms with Gasteiger partial charge < -0.3 is 10.5 Å². The van der Waals surface area contributed by atoms with E-state index in [-0.39, 0.29) is 6.04 Å². The van der Waals surface area contributed by atoms with Crippen LogP contribution in [-0.2, 0) is 12.8 Å². The fourth-order valence-electron chi connectivity index (χ4n) is 2.55. The van der Waals surface area contributed by atoms with Gasteiger partial charge in [-0.05, 0) is 48.6 Å². The lowest BCUT2D eigenvalue weighted by atomic mass is 10.1. The molecule has 1 unspecified atom stereocenters. The minimum Gasteiger partial charge on any atom is -0.497 e. The summed E-state index contributed by atoms with van der Waals surface area (Å²) in [6.07, 6.45) is 3.66. The number of rotatable bonds is 3. The number of methoxy groups -OCH3 is 1. The number of thiophene rings is 1. The average molecular weight is 294 g/mol. The Balaban J connectivity index is 1.92. The topological polar surface area (TPSA) is 35.2 Å². The van der Waals surface area contributed by atoms with E-state index < -0.39 is 0 Å². The molecule has 19 heavy (non-hydrogen) atoms. The SMILES string of the molecule is COc1ccc(C(N)c2cc3c(s2)CCC3)c(Cl)c1. The van der Waals surface area contributed by atoms with Crippen molar-refractivity contribution in [3.8, 4) is 5.75 Å². The van der Waals surface area contributed by atoms with Crippen LogP contribution < -0.4 is 10.5 Å². The van der Waals surface area contributed by atoms with Crippen LogP contribution in [0.3, 0.4) is 0 Å². The Labute approximate surface area is 122 Å². The fourth-order valence-corrected chi connectivity index (χ4v) is 4.11. The molecule has 1 aliphatic rings. The molecule has 1 aromatic carbocycles. The van der Waals surface area contributed by atoms with Crippen LogP contribution >= 0.6 is 22.9 Å². The number of fused-ring (bicyclic) bond motifs is 1. The van der Waals surface area contributed by atoms with Gasteiger partial charge in [-0.2, -0.15) is 0 Å². The fraction of sp³-hybridized carbons (Fsp3) is 0.333. The highest BCUT2D eigenvalue weighted by Gasteiger charge is 2.20. The largest absolute Gasteiger partial charge is 0.497 e. The third-order valence-electron chi connectivity index (χ3n) is 3.61. The monoisotopic (exact) mass is 293 g/mol. The van der Waals surface area contributed by atoms with Crippen molar-refractivity contribution in [2.24, 2.45) is 5.73 Å². The summed E-state index contributed by atoms with van der Waals surface area (Å²) in [4.78, 5) is 2.70. The normalized spacial score (nSPS) is 15.3. The van der Waals surface area contributed by atoms with Crippen molar-refractivity contribution in [2.75, 3.05) is 7.11 Å². The van der Waals surface area contributed by atoms with Gasteiger partial charge in [0.1, 0.15) is 5.75 Å². The molecule has 2 nitrogen and oxygen atoms in total. The second-order valence-electron chi connectivity index (χ2n) is 4.82. The van der Waals surface area contributed by atoms with E-state index in [1.54, 1.807) is 7.11 Å². The number of hydrogen-bond donors (Lipinski definition) is 1. The molecule has 100 valence electrons. The molecule has 2 aromatic rings. The van der Waals surface area contributed by atoms with Crippen LogP contribution in [0.1, 0.15) is 33.3 Å². The molecule has 1 aliphatic carbocycles. The first-order valence-corrected chi connectivity index (χ1v) is 7.59. The zero-order valence-corrected chi connectivity index (χ0v) is 12.4. The summed E-state index contributed by atoms with van der Waals surface area (Å²) in [7, 11) is 1.63. The standard InChI is InChI=1S/C15H16ClNOS/c1-18-10-5-6-11(12(16)8-10)15(17)14-7-9-3-2-4-13(9)19-14/h5-8,15H,2-4,17H2,1H3. The van der Waals surface area contributed by atoms with Gasteiger partial charge >= 0.3 is 0 Å². The van der Waals surface area contributed by atoms with Crippen LogP contribution in [-0.4, -0.2) is 7.11 Å². The van der Waals surface area contributed by atoms with E-state index in [4.69, 9.17) is 22.1 Å². The van der Waals surface area contributed by atoms with Gasteiger partial charge in [-0.1, -0.05) is 17.7 Å². The molecule has 0 spiro atoms. The zero-order valence-electron chi connectivity index (χ0n) is 10.8. The summed E-state index contributed by atoms with van der Waals surface area (Å²) in [6.45, 7) is 0. The average Bonchev–Trinajstić information content (AvgIpc) is 2.98. The van der Waals surface area contributed by atoms with Crippen LogP contribution in [0.25, 0.3) is 0 Å². The van der Waals surface area contributed by atoms with E-state index in [9.17, 15) is 0 Å². The van der Waals surface area contributed by atoms with Crippen LogP contribution in [0.5, 0.6) is 5.75 Å². The third kappa shape index (κ3) is 2.38. The Morgan fingerprint density at radius 3 is 2.84 bits per heavy atom. The summed E-state index contributed by atoms with van der Waals surface area (Å²) in [5.41, 5.74) is 8.79. The maximum Gasteiger partial charge on any atom is 0.120 e. The molecule has 0 radical (unpaired) electrons. The van der Waals surface area contributed by atoms with Crippen molar-refractivity contribution in [3.05, 3.63) is 50.2 Å². The lowest BCUT2D eigenvalue weighted by Gasteiger charge is -2.13. The summed E-state index contributed by atoms with van der Waals surface area (Å²) in [5, 5.41) is 0.667. The first-order valence-electron chi connectivity index (χ1n) is 6.39. The van der Waals surface area contributed by atoms with E-state index in [1.807, 2.05) is 29.5 Å². The van der Waals surface area contributed by atoms with Crippen molar-refractivity contribution in [2.45, 2.75) is 25.3 Å². The molecule has 0 bridgehead atoms. The first-order chi connectivity index (χ1) is 9.19. The minimum atomic E-state index is -0.144. The molecule has 1 heterocycles. The number of aryl methyl sites for hydroxylation is 2. The molecule has 0 fully saturated rings. The van der Waals surface area contributed by atoms with Gasteiger partial charge in [0.2, 0.25) is 0 Å². The van der Waals surface area contributed by atoms with Gasteiger partial charge in [0.05, 0.1) is 13.2 Å². The predicted octanol–water partition coefficient (Wildman–Crippen LogP) is 3.95. The lowest BCUT2D eigenvalue weighted by molar-refractivity contribution is 0.414. The van der Waals surface area contributed by atoms with E-state index in [1.165, 1.54) is 34.6 Å². The van der Waals surface area contributed by atoms with Gasteiger partial charge in [-0.3, -0.25) is 0 Å². The first kappa shape index (κ1) is 13.0. The van der Waals surface area contributed by atoms with Crippen molar-refractivity contribution in [1.29, 1.82) is 0 Å². The van der Waals surface area contributed by atoms with Crippen molar-refractivity contribution >= 4 is 22.9 Å². The molecule has 1 aromatic heterocycles. The van der Waals surface area contributed by atoms with Gasteiger partial charge in [-0.25, -0.2) is 0 Å². The maximum atomic E-state index is 6.35. The smallest absolute Gasteiger partial charge is 0.120 e. The maximum absolute atomic E-state index is 6.35. The van der Waals surface area contributed by atoms with Crippen LogP contribution in [0.2, 0.25) is 5.02 Å². The van der Waals surface area contributed by atoms with Crippen LogP contribution in [0.15, 0.2) is 24.3 Å². The number of halogens is 1. The minimum absolute atomic E-state index is 0.144. The summed E-state index contributed by atoms with van der Waals surface area (Å²) < 4.78 is 5.16. The molecule has 4 heteroatoms. The van der Waals surface area contributed by atoms with Gasteiger partial charge in [0, 0.05) is 14.8 Å². The molecular weight excluding hydrogens is 278 g/mol. The van der Waals surface area contributed by atoms with Gasteiger partial charge in [0.25, 0.3) is 0 Å². The van der Waals surface area contributed by atoms with E-state index in [0.717, 1.165) is 11.3 Å². The van der Waals surface area contributed by atoms with E-state index in [0.29, 0.717) is 5.02 Å². The van der Waals surface area contributed by atoms with Crippen molar-refractivity contribution < 1.29 is 4.74 Å². The summed E-state index contributed by atoms with van der Waals surface area (Å²) in [5.74, 6) is 0.759. The Kier molecular flexibility index (Phi) is 3.52. The van der Waals surface area contributed by atoms with Gasteiger partial charge in [-0.15, -0.1) is 11.3 Å². The molecule has 0 amide bonds. The summed E-state index contributed by atoms with van der Waals surface area (Å²) in [6, 6.07) is 7.78. The third-order valence-corrected chi connectivity index (χ3v) is 5.26. The lowest BCUT2D eigenvalue weighted by Crippen LogP contribution is -2.10. The Bertz CT molecular complexity index is 587. The molecule has 0 saturated heterocycles. The highest BCUT2D eigenvalue weighted by Crippen LogP contribution is 2.37. The highest BCUT2D eigenvalue weighted by molar-refractivity contribution is 7.12.